The van der Waals surface area contributed by atoms with E-state index < -0.39 is 5.60 Å². The number of allylic oxidation sites excluding steroid dienone is 1. The van der Waals surface area contributed by atoms with Gasteiger partial charge in [0.2, 0.25) is 0 Å². The maximum atomic E-state index is 12.4. The number of benzene rings is 1. The number of anilines is 1. The van der Waals surface area contributed by atoms with Gasteiger partial charge >= 0.3 is 6.09 Å². The summed E-state index contributed by atoms with van der Waals surface area (Å²) < 4.78 is 5.49. The van der Waals surface area contributed by atoms with Crippen LogP contribution in [-0.4, -0.2) is 52.4 Å². The number of rotatable bonds is 8. The minimum Gasteiger partial charge on any atom is -0.444 e. The molecule has 8 nitrogen and oxygen atoms in total. The maximum Gasteiger partial charge on any atom is 0.410 e. The molecule has 1 aliphatic rings. The first-order valence-corrected chi connectivity index (χ1v) is 12.2. The number of H-pyrrole nitrogens is 1. The van der Waals surface area contributed by atoms with E-state index in [0.717, 1.165) is 47.4 Å². The van der Waals surface area contributed by atoms with Gasteiger partial charge in [-0.05, 0) is 56.9 Å². The summed E-state index contributed by atoms with van der Waals surface area (Å²) in [6, 6.07) is 14.3. The van der Waals surface area contributed by atoms with Crippen LogP contribution in [0, 0.1) is 5.41 Å². The molecule has 0 atom stereocenters. The van der Waals surface area contributed by atoms with Gasteiger partial charge in [0, 0.05) is 49.3 Å². The zero-order valence-corrected chi connectivity index (χ0v) is 21.1. The molecule has 0 bridgehead atoms. The van der Waals surface area contributed by atoms with Gasteiger partial charge < -0.3 is 30.7 Å². The van der Waals surface area contributed by atoms with Crippen molar-refractivity contribution in [1.29, 1.82) is 5.41 Å². The Hall–Kier alpha value is -4.07. The molecule has 0 saturated carbocycles. The average molecular weight is 487 g/mol. The lowest BCUT2D eigenvalue weighted by Crippen LogP contribution is -2.39. The predicted molar refractivity (Wildman–Crippen MR) is 145 cm³/mol. The van der Waals surface area contributed by atoms with Crippen LogP contribution < -0.4 is 10.6 Å². The van der Waals surface area contributed by atoms with E-state index >= 15 is 0 Å². The van der Waals surface area contributed by atoms with Crippen LogP contribution in [0.4, 0.5) is 10.5 Å². The summed E-state index contributed by atoms with van der Waals surface area (Å²) in [6.07, 6.45) is 8.27. The first kappa shape index (κ1) is 25.0. The molecule has 0 fully saturated rings. The van der Waals surface area contributed by atoms with Crippen molar-refractivity contribution in [1.82, 2.24) is 20.2 Å². The molecule has 8 heteroatoms. The molecule has 36 heavy (non-hydrogen) atoms. The fourth-order valence-electron chi connectivity index (χ4n) is 4.03. The molecule has 1 aliphatic heterocycles. The van der Waals surface area contributed by atoms with Crippen LogP contribution in [-0.2, 0) is 11.2 Å². The molecular weight excluding hydrogens is 452 g/mol. The Morgan fingerprint density at radius 1 is 1.25 bits per heavy atom. The number of aromatic nitrogens is 2. The summed E-state index contributed by atoms with van der Waals surface area (Å²) in [6.45, 7) is 7.51. The van der Waals surface area contributed by atoms with E-state index in [2.05, 4.69) is 44.9 Å². The molecule has 1 amide bonds. The molecule has 0 saturated heterocycles. The molecule has 1 aromatic carbocycles. The highest BCUT2D eigenvalue weighted by atomic mass is 16.6. The van der Waals surface area contributed by atoms with E-state index in [-0.39, 0.29) is 6.09 Å². The Bertz CT molecular complexity index is 1270. The van der Waals surface area contributed by atoms with Crippen LogP contribution in [0.5, 0.6) is 0 Å². The molecule has 0 spiro atoms. The Morgan fingerprint density at radius 3 is 2.75 bits per heavy atom. The third kappa shape index (κ3) is 6.53. The molecule has 4 rings (SSSR count). The number of pyridine rings is 1. The fraction of sp³-hybridized carbons (Fsp3) is 0.321. The monoisotopic (exact) mass is 486 g/mol. The SMILES string of the molecule is CC(C)(C)OC(=O)N1CC=C(c2cc3c(N/C(C=N)=C/NCCc4ccccc4)ccnc3[nH]2)CC1. The highest BCUT2D eigenvalue weighted by Gasteiger charge is 2.24. The van der Waals surface area contributed by atoms with E-state index in [1.165, 1.54) is 11.8 Å². The second-order valence-corrected chi connectivity index (χ2v) is 9.77. The molecule has 188 valence electrons. The third-order valence-corrected chi connectivity index (χ3v) is 5.83. The van der Waals surface area contributed by atoms with E-state index in [1.807, 2.05) is 51.2 Å². The number of hydrogen-bond acceptors (Lipinski definition) is 6. The average Bonchev–Trinajstić information content (AvgIpc) is 3.31. The number of fused-ring (bicyclic) bond motifs is 1. The number of nitrogens with zero attached hydrogens (tertiary/aromatic N) is 2. The minimum absolute atomic E-state index is 0.286. The zero-order chi connectivity index (χ0) is 25.5. The molecule has 2 aromatic heterocycles. The van der Waals surface area contributed by atoms with Gasteiger partial charge in [0.1, 0.15) is 11.2 Å². The molecule has 3 aromatic rings. The smallest absolute Gasteiger partial charge is 0.410 e. The zero-order valence-electron chi connectivity index (χ0n) is 21.1. The highest BCUT2D eigenvalue weighted by molar-refractivity contribution is 5.95. The van der Waals surface area contributed by atoms with Crippen molar-refractivity contribution in [3.63, 3.8) is 0 Å². The van der Waals surface area contributed by atoms with E-state index in [1.54, 1.807) is 11.1 Å². The van der Waals surface area contributed by atoms with Crippen molar-refractivity contribution in [3.05, 3.63) is 77.9 Å². The number of hydrogen-bond donors (Lipinski definition) is 4. The predicted octanol–water partition coefficient (Wildman–Crippen LogP) is 5.32. The number of carbonyl (C=O) groups is 1. The van der Waals surface area contributed by atoms with E-state index in [0.29, 0.717) is 18.8 Å². The second-order valence-electron chi connectivity index (χ2n) is 9.77. The summed E-state index contributed by atoms with van der Waals surface area (Å²) in [5.74, 6) is 0. The minimum atomic E-state index is -0.505. The Labute approximate surface area is 212 Å². The van der Waals surface area contributed by atoms with E-state index in [9.17, 15) is 4.79 Å². The third-order valence-electron chi connectivity index (χ3n) is 5.83. The summed E-state index contributed by atoms with van der Waals surface area (Å²) in [4.78, 5) is 22.0. The molecule has 0 radical (unpaired) electrons. The Balaban J connectivity index is 1.42. The maximum absolute atomic E-state index is 12.4. The first-order chi connectivity index (χ1) is 17.3. The van der Waals surface area contributed by atoms with Crippen LogP contribution in [0.2, 0.25) is 0 Å². The van der Waals surface area contributed by atoms with Gasteiger partial charge in [-0.1, -0.05) is 36.4 Å². The number of nitrogens with one attached hydrogen (secondary N) is 4. The number of amides is 1. The largest absolute Gasteiger partial charge is 0.444 e. The second kappa shape index (κ2) is 11.1. The normalized spacial score (nSPS) is 14.4. The Kier molecular flexibility index (Phi) is 7.73. The van der Waals surface area contributed by atoms with Crippen LogP contribution in [0.25, 0.3) is 16.6 Å². The molecule has 0 aliphatic carbocycles. The van der Waals surface area contributed by atoms with E-state index in [4.69, 9.17) is 10.1 Å². The number of aromatic amines is 1. The lowest BCUT2D eigenvalue weighted by atomic mass is 10.0. The number of carbonyl (C=O) groups excluding carboxylic acids is 1. The van der Waals surface area contributed by atoms with Crippen LogP contribution in [0.15, 0.2) is 66.6 Å². The van der Waals surface area contributed by atoms with Crippen LogP contribution in [0.1, 0.15) is 38.4 Å². The highest BCUT2D eigenvalue weighted by Crippen LogP contribution is 2.29. The van der Waals surface area contributed by atoms with Crippen molar-refractivity contribution in [2.45, 2.75) is 39.2 Å². The summed E-state index contributed by atoms with van der Waals surface area (Å²) in [7, 11) is 0. The van der Waals surface area contributed by atoms with Crippen molar-refractivity contribution in [2.75, 3.05) is 25.0 Å². The van der Waals surface area contributed by atoms with Gasteiger partial charge in [-0.3, -0.25) is 0 Å². The quantitative estimate of drug-likeness (QED) is 0.255. The summed E-state index contributed by atoms with van der Waals surface area (Å²) in [5, 5.41) is 15.4. The molecule has 3 heterocycles. The van der Waals surface area contributed by atoms with Gasteiger partial charge in [-0.2, -0.15) is 0 Å². The standard InChI is InChI=1S/C28H34N6O2/c1-28(2,3)36-27(35)34-15-11-21(12-16-34)25-17-23-24(10-14-31-26(23)33-25)32-22(18-29)19-30-13-9-20-7-5-4-6-8-20/h4-8,10-11,14,17-19,29-30H,9,12-13,15-16H2,1-3H3,(H2,31,32,33)/b22-19+,29-18?. The summed E-state index contributed by atoms with van der Waals surface area (Å²) in [5.41, 5.74) is 5.18. The lowest BCUT2D eigenvalue weighted by molar-refractivity contribution is 0.0270. The van der Waals surface area contributed by atoms with Crippen molar-refractivity contribution in [3.8, 4) is 0 Å². The molecule has 4 N–H and O–H groups in total. The van der Waals surface area contributed by atoms with Crippen LogP contribution >= 0.6 is 0 Å². The Morgan fingerprint density at radius 2 is 2.06 bits per heavy atom. The van der Waals surface area contributed by atoms with Gasteiger partial charge in [0.05, 0.1) is 11.4 Å². The molecule has 0 unspecified atom stereocenters. The topological polar surface area (TPSA) is 106 Å². The van der Waals surface area contributed by atoms with Gasteiger partial charge in [0.15, 0.2) is 0 Å². The van der Waals surface area contributed by atoms with Gasteiger partial charge in [0.25, 0.3) is 0 Å². The number of ether oxygens (including phenoxy) is 1. The van der Waals surface area contributed by atoms with Gasteiger partial charge in [-0.25, -0.2) is 9.78 Å². The van der Waals surface area contributed by atoms with Crippen molar-refractivity contribution >= 4 is 34.6 Å². The first-order valence-electron chi connectivity index (χ1n) is 12.2. The lowest BCUT2D eigenvalue weighted by Gasteiger charge is -2.29. The van der Waals surface area contributed by atoms with Crippen LogP contribution in [0.3, 0.4) is 0 Å². The summed E-state index contributed by atoms with van der Waals surface area (Å²) >= 11 is 0. The van der Waals surface area contributed by atoms with Crippen molar-refractivity contribution in [2.24, 2.45) is 0 Å². The molecular formula is C28H34N6O2. The van der Waals surface area contributed by atoms with Gasteiger partial charge in [-0.15, -0.1) is 0 Å². The fourth-order valence-corrected chi connectivity index (χ4v) is 4.03. The van der Waals surface area contributed by atoms with Crippen molar-refractivity contribution < 1.29 is 9.53 Å².